The number of phenols is 1. The molecule has 3 amide bonds. The van der Waals surface area contributed by atoms with Crippen LogP contribution in [0.2, 0.25) is 0 Å². The van der Waals surface area contributed by atoms with E-state index in [2.05, 4.69) is 16.0 Å². The van der Waals surface area contributed by atoms with Crippen LogP contribution in [0, 0.1) is 0 Å². The van der Waals surface area contributed by atoms with Gasteiger partial charge in [0.25, 0.3) is 11.8 Å². The summed E-state index contributed by atoms with van der Waals surface area (Å²) in [6.45, 7) is 0.311. The minimum atomic E-state index is -0.351. The Kier molecular flexibility index (Phi) is 6.53. The smallest absolute Gasteiger partial charge is 0.251 e. The lowest BCUT2D eigenvalue weighted by Crippen LogP contribution is -2.40. The summed E-state index contributed by atoms with van der Waals surface area (Å²) in [4.78, 5) is 35.3. The SMILES string of the molecule is O=C(CNC(=O)c1ccccc1)NCCNC(=O)c1cccc(O)c1. The number of carbonyl (C=O) groups excluding carboxylic acids is 3. The molecule has 0 aliphatic heterocycles. The fourth-order valence-corrected chi connectivity index (χ4v) is 2.04. The number of hydrogen-bond acceptors (Lipinski definition) is 4. The van der Waals surface area contributed by atoms with E-state index in [1.54, 1.807) is 42.5 Å². The van der Waals surface area contributed by atoms with Crippen LogP contribution in [0.25, 0.3) is 0 Å². The van der Waals surface area contributed by atoms with E-state index in [0.717, 1.165) is 0 Å². The Morgan fingerprint density at radius 2 is 1.40 bits per heavy atom. The maximum absolute atomic E-state index is 11.8. The molecule has 7 nitrogen and oxygen atoms in total. The first-order chi connectivity index (χ1) is 12.1. The number of rotatable bonds is 7. The van der Waals surface area contributed by atoms with Crippen LogP contribution in [0.5, 0.6) is 5.75 Å². The lowest BCUT2D eigenvalue weighted by molar-refractivity contribution is -0.120. The molecule has 0 fully saturated rings. The molecule has 0 aliphatic rings. The second-order valence-electron chi connectivity index (χ2n) is 5.20. The first kappa shape index (κ1) is 18.0. The van der Waals surface area contributed by atoms with E-state index in [-0.39, 0.29) is 43.1 Å². The van der Waals surface area contributed by atoms with Crippen LogP contribution < -0.4 is 16.0 Å². The summed E-state index contributed by atoms with van der Waals surface area (Å²) in [5.41, 5.74) is 0.815. The zero-order chi connectivity index (χ0) is 18.1. The van der Waals surface area contributed by atoms with E-state index in [1.165, 1.54) is 12.1 Å². The fourth-order valence-electron chi connectivity index (χ4n) is 2.04. The Morgan fingerprint density at radius 3 is 2.12 bits per heavy atom. The van der Waals surface area contributed by atoms with Crippen LogP contribution in [0.1, 0.15) is 20.7 Å². The van der Waals surface area contributed by atoms with Crippen LogP contribution in [0.15, 0.2) is 54.6 Å². The molecule has 0 aromatic heterocycles. The van der Waals surface area contributed by atoms with Crippen molar-refractivity contribution < 1.29 is 19.5 Å². The zero-order valence-corrected chi connectivity index (χ0v) is 13.5. The average Bonchev–Trinajstić information content (AvgIpc) is 2.63. The summed E-state index contributed by atoms with van der Waals surface area (Å²) in [6.07, 6.45) is 0. The Balaban J connectivity index is 1.64. The van der Waals surface area contributed by atoms with Crippen molar-refractivity contribution in [2.24, 2.45) is 0 Å². The molecule has 2 aromatic rings. The van der Waals surface area contributed by atoms with Gasteiger partial charge in [0.15, 0.2) is 0 Å². The van der Waals surface area contributed by atoms with Crippen LogP contribution in [-0.2, 0) is 4.79 Å². The molecule has 7 heteroatoms. The van der Waals surface area contributed by atoms with Gasteiger partial charge in [0.2, 0.25) is 5.91 Å². The van der Waals surface area contributed by atoms with Gasteiger partial charge in [-0.3, -0.25) is 14.4 Å². The summed E-state index contributed by atoms with van der Waals surface area (Å²) < 4.78 is 0. The predicted molar refractivity (Wildman–Crippen MR) is 92.2 cm³/mol. The van der Waals surface area contributed by atoms with Gasteiger partial charge in [-0.1, -0.05) is 24.3 Å². The van der Waals surface area contributed by atoms with E-state index in [1.807, 2.05) is 0 Å². The molecule has 0 radical (unpaired) electrons. The van der Waals surface area contributed by atoms with E-state index in [0.29, 0.717) is 11.1 Å². The van der Waals surface area contributed by atoms with E-state index < -0.39 is 0 Å². The summed E-state index contributed by atoms with van der Waals surface area (Å²) in [5.74, 6) is -1.01. The van der Waals surface area contributed by atoms with Crippen molar-refractivity contribution in [1.29, 1.82) is 0 Å². The minimum Gasteiger partial charge on any atom is -0.508 e. The highest BCUT2D eigenvalue weighted by Crippen LogP contribution is 2.10. The zero-order valence-electron chi connectivity index (χ0n) is 13.5. The van der Waals surface area contributed by atoms with Gasteiger partial charge in [-0.05, 0) is 30.3 Å². The third-order valence-electron chi connectivity index (χ3n) is 3.29. The van der Waals surface area contributed by atoms with Crippen molar-refractivity contribution in [2.75, 3.05) is 19.6 Å². The van der Waals surface area contributed by atoms with Gasteiger partial charge in [-0.2, -0.15) is 0 Å². The summed E-state index contributed by atoms with van der Waals surface area (Å²) in [7, 11) is 0. The van der Waals surface area contributed by atoms with Gasteiger partial charge in [0, 0.05) is 24.2 Å². The largest absolute Gasteiger partial charge is 0.508 e. The summed E-state index contributed by atoms with van der Waals surface area (Å²) >= 11 is 0. The van der Waals surface area contributed by atoms with Crippen molar-refractivity contribution in [3.63, 3.8) is 0 Å². The average molecular weight is 341 g/mol. The third-order valence-corrected chi connectivity index (χ3v) is 3.29. The second-order valence-corrected chi connectivity index (χ2v) is 5.20. The molecule has 4 N–H and O–H groups in total. The van der Waals surface area contributed by atoms with Crippen LogP contribution >= 0.6 is 0 Å². The molecule has 2 rings (SSSR count). The second kappa shape index (κ2) is 9.07. The fraction of sp³-hybridized carbons (Fsp3) is 0.167. The number of amides is 3. The topological polar surface area (TPSA) is 108 Å². The van der Waals surface area contributed by atoms with Crippen LogP contribution in [0.3, 0.4) is 0 Å². The monoisotopic (exact) mass is 341 g/mol. The predicted octanol–water partition coefficient (Wildman–Crippen LogP) is 0.668. The Hall–Kier alpha value is -3.35. The highest BCUT2D eigenvalue weighted by atomic mass is 16.3. The van der Waals surface area contributed by atoms with Gasteiger partial charge < -0.3 is 21.1 Å². The maximum atomic E-state index is 11.8. The minimum absolute atomic E-state index is 0.00936. The Bertz CT molecular complexity index is 747. The molecule has 0 atom stereocenters. The van der Waals surface area contributed by atoms with Gasteiger partial charge in [0.1, 0.15) is 5.75 Å². The molecule has 0 bridgehead atoms. The van der Waals surface area contributed by atoms with E-state index >= 15 is 0 Å². The summed E-state index contributed by atoms with van der Waals surface area (Å²) in [5, 5.41) is 17.0. The molecule has 130 valence electrons. The van der Waals surface area contributed by atoms with Crippen LogP contribution in [0.4, 0.5) is 0 Å². The first-order valence-electron chi connectivity index (χ1n) is 7.73. The number of benzene rings is 2. The number of hydrogen-bond donors (Lipinski definition) is 4. The number of nitrogens with one attached hydrogen (secondary N) is 3. The Labute approximate surface area is 145 Å². The van der Waals surface area contributed by atoms with Crippen molar-refractivity contribution >= 4 is 17.7 Å². The molecule has 0 heterocycles. The van der Waals surface area contributed by atoms with Gasteiger partial charge in [-0.25, -0.2) is 0 Å². The Morgan fingerprint density at radius 1 is 0.760 bits per heavy atom. The molecular formula is C18H19N3O4. The number of aromatic hydroxyl groups is 1. The first-order valence-corrected chi connectivity index (χ1v) is 7.73. The van der Waals surface area contributed by atoms with E-state index in [9.17, 15) is 19.5 Å². The quantitative estimate of drug-likeness (QED) is 0.555. The third kappa shape index (κ3) is 5.98. The standard InChI is InChI=1S/C18H19N3O4/c22-15-8-4-7-14(11-15)18(25)20-10-9-19-16(23)12-21-17(24)13-5-2-1-3-6-13/h1-8,11,22H,9-10,12H2,(H,19,23)(H,20,25)(H,21,24). The lowest BCUT2D eigenvalue weighted by atomic mass is 10.2. The number of phenolic OH excluding ortho intramolecular Hbond substituents is 1. The van der Waals surface area contributed by atoms with Crippen molar-refractivity contribution in [1.82, 2.24) is 16.0 Å². The van der Waals surface area contributed by atoms with Crippen LogP contribution in [-0.4, -0.2) is 42.5 Å². The highest BCUT2D eigenvalue weighted by Gasteiger charge is 2.08. The molecule has 0 spiro atoms. The van der Waals surface area contributed by atoms with Gasteiger partial charge >= 0.3 is 0 Å². The molecule has 0 saturated heterocycles. The van der Waals surface area contributed by atoms with Crippen molar-refractivity contribution in [2.45, 2.75) is 0 Å². The molecule has 25 heavy (non-hydrogen) atoms. The van der Waals surface area contributed by atoms with E-state index in [4.69, 9.17) is 0 Å². The highest BCUT2D eigenvalue weighted by molar-refractivity contribution is 5.96. The summed E-state index contributed by atoms with van der Waals surface area (Å²) in [6, 6.07) is 14.6. The molecule has 0 unspecified atom stereocenters. The van der Waals surface area contributed by atoms with Crippen molar-refractivity contribution in [3.8, 4) is 5.75 Å². The molecule has 0 aliphatic carbocycles. The lowest BCUT2D eigenvalue weighted by Gasteiger charge is -2.08. The molecular weight excluding hydrogens is 322 g/mol. The molecule has 2 aromatic carbocycles. The molecule has 0 saturated carbocycles. The van der Waals surface area contributed by atoms with Gasteiger partial charge in [0.05, 0.1) is 6.54 Å². The maximum Gasteiger partial charge on any atom is 0.251 e. The van der Waals surface area contributed by atoms with Crippen molar-refractivity contribution in [3.05, 3.63) is 65.7 Å². The normalized spacial score (nSPS) is 9.92. The van der Waals surface area contributed by atoms with Gasteiger partial charge in [-0.15, -0.1) is 0 Å². The number of carbonyl (C=O) groups is 3.